The van der Waals surface area contributed by atoms with Crippen molar-refractivity contribution in [2.75, 3.05) is 6.61 Å². The zero-order chi connectivity index (χ0) is 21.2. The van der Waals surface area contributed by atoms with Crippen LogP contribution in [0, 0.1) is 22.7 Å². The lowest BCUT2D eigenvalue weighted by Gasteiger charge is -2.53. The van der Waals surface area contributed by atoms with E-state index in [4.69, 9.17) is 4.74 Å². The molecule has 1 N–H and O–H groups in total. The molecule has 29 heavy (non-hydrogen) atoms. The summed E-state index contributed by atoms with van der Waals surface area (Å²) in [5.41, 5.74) is 0.269. The van der Waals surface area contributed by atoms with Crippen LogP contribution in [0.25, 0.3) is 0 Å². The van der Waals surface area contributed by atoms with E-state index in [0.717, 1.165) is 18.4 Å². The van der Waals surface area contributed by atoms with E-state index < -0.39 is 29.4 Å². The predicted molar refractivity (Wildman–Crippen MR) is 108 cm³/mol. The minimum atomic E-state index is -1.70. The summed E-state index contributed by atoms with van der Waals surface area (Å²) in [5, 5.41) is 11.6. The van der Waals surface area contributed by atoms with Gasteiger partial charge in [0.2, 0.25) is 5.78 Å². The number of hydrogen-bond acceptors (Lipinski definition) is 5. The Balaban J connectivity index is 1.72. The summed E-state index contributed by atoms with van der Waals surface area (Å²) in [6.45, 7) is 8.99. The van der Waals surface area contributed by atoms with Gasteiger partial charge < -0.3 is 9.84 Å². The van der Waals surface area contributed by atoms with Crippen molar-refractivity contribution in [2.45, 2.75) is 52.1 Å². The maximum absolute atomic E-state index is 13.0. The first-order chi connectivity index (χ1) is 13.5. The van der Waals surface area contributed by atoms with E-state index in [1.807, 2.05) is 13.0 Å². The molecule has 0 unspecified atom stereocenters. The van der Waals surface area contributed by atoms with E-state index in [1.165, 1.54) is 12.5 Å². The summed E-state index contributed by atoms with van der Waals surface area (Å²) in [6.07, 6.45) is 10.4. The minimum Gasteiger partial charge on any atom is -0.458 e. The summed E-state index contributed by atoms with van der Waals surface area (Å²) < 4.78 is 4.90. The molecule has 0 heterocycles. The third-order valence-corrected chi connectivity index (χ3v) is 7.95. The Morgan fingerprint density at radius 1 is 1.34 bits per heavy atom. The largest absolute Gasteiger partial charge is 0.458 e. The van der Waals surface area contributed by atoms with Gasteiger partial charge in [-0.05, 0) is 62.2 Å². The molecular formula is C24H28O5. The molecule has 4 aliphatic rings. The molecule has 5 heteroatoms. The van der Waals surface area contributed by atoms with Crippen LogP contribution in [-0.2, 0) is 19.1 Å². The number of ketones is 2. The van der Waals surface area contributed by atoms with Crippen molar-refractivity contribution in [3.05, 3.63) is 47.6 Å². The Kier molecular flexibility index (Phi) is 4.39. The van der Waals surface area contributed by atoms with Crippen molar-refractivity contribution in [3.8, 4) is 0 Å². The van der Waals surface area contributed by atoms with Crippen molar-refractivity contribution in [2.24, 2.45) is 22.7 Å². The first kappa shape index (κ1) is 20.0. The van der Waals surface area contributed by atoms with Crippen LogP contribution in [0.2, 0.25) is 0 Å². The van der Waals surface area contributed by atoms with Crippen LogP contribution in [-0.4, -0.2) is 34.9 Å². The van der Waals surface area contributed by atoms with Crippen molar-refractivity contribution < 1.29 is 24.2 Å². The van der Waals surface area contributed by atoms with Gasteiger partial charge in [-0.15, -0.1) is 0 Å². The number of carbonyl (C=O) groups is 3. The highest BCUT2D eigenvalue weighted by atomic mass is 16.5. The summed E-state index contributed by atoms with van der Waals surface area (Å²) in [4.78, 5) is 36.0. The zero-order valence-corrected chi connectivity index (χ0v) is 17.3. The van der Waals surface area contributed by atoms with E-state index in [1.54, 1.807) is 12.2 Å². The van der Waals surface area contributed by atoms with Crippen molar-refractivity contribution >= 4 is 17.5 Å². The smallest absolute Gasteiger partial charge is 0.303 e. The van der Waals surface area contributed by atoms with Gasteiger partial charge in [0.25, 0.3) is 0 Å². The number of Topliss-reactive ketones (excluding diaryl/α,β-unsaturated/α-hetero) is 1. The van der Waals surface area contributed by atoms with Crippen molar-refractivity contribution in [1.29, 1.82) is 0 Å². The molecule has 4 rings (SSSR count). The highest BCUT2D eigenvalue weighted by molar-refractivity contribution is 6.01. The van der Waals surface area contributed by atoms with Crippen LogP contribution >= 0.6 is 0 Å². The molecule has 2 fully saturated rings. The number of rotatable bonds is 3. The molecule has 154 valence electrons. The van der Waals surface area contributed by atoms with Crippen molar-refractivity contribution in [1.82, 2.24) is 0 Å². The maximum Gasteiger partial charge on any atom is 0.303 e. The van der Waals surface area contributed by atoms with E-state index >= 15 is 0 Å². The lowest BCUT2D eigenvalue weighted by Crippen LogP contribution is -2.56. The SMILES string of the molecule is C=C1C[C@H]2[C@@H]3CCC4=CC(=O)C=C[C@]4(C)C3=CC[C@]2(C)[C@@]1(O)C(=O)COC(C)=O. The fraction of sp³-hybridized carbons (Fsp3) is 0.542. The second-order valence-corrected chi connectivity index (χ2v) is 9.36. The van der Waals surface area contributed by atoms with Gasteiger partial charge >= 0.3 is 5.97 Å². The standard InChI is InChI=1S/C24H28O5/c1-14-11-20-18-6-5-16-12-17(26)7-9-22(16,3)19(18)8-10-23(20,4)24(14,28)21(27)13-29-15(2)25/h7-9,12,18,20,28H,1,5-6,10-11,13H2,2-4H3/t18-,20+,22+,23+,24+/m1/s1. The monoisotopic (exact) mass is 396 g/mol. The van der Waals surface area contributed by atoms with E-state index in [-0.39, 0.29) is 23.0 Å². The quantitative estimate of drug-likeness (QED) is 0.585. The molecule has 5 atom stereocenters. The molecule has 0 radical (unpaired) electrons. The van der Waals surface area contributed by atoms with Crippen LogP contribution in [0.1, 0.15) is 46.5 Å². The number of aliphatic hydroxyl groups is 1. The van der Waals surface area contributed by atoms with E-state index in [2.05, 4.69) is 19.6 Å². The molecular weight excluding hydrogens is 368 g/mol. The fourth-order valence-electron chi connectivity index (χ4n) is 6.28. The molecule has 0 spiro atoms. The molecule has 2 saturated carbocycles. The topological polar surface area (TPSA) is 80.7 Å². The molecule has 0 aromatic rings. The first-order valence-electron chi connectivity index (χ1n) is 10.3. The average molecular weight is 396 g/mol. The number of allylic oxidation sites excluding steroid dienone is 6. The Morgan fingerprint density at radius 3 is 2.76 bits per heavy atom. The zero-order valence-electron chi connectivity index (χ0n) is 17.3. The number of ether oxygens (including phenoxy) is 1. The van der Waals surface area contributed by atoms with Gasteiger partial charge in [-0.25, -0.2) is 0 Å². The number of hydrogen-bond donors (Lipinski definition) is 1. The Labute approximate surface area is 171 Å². The third-order valence-electron chi connectivity index (χ3n) is 7.95. The molecule has 0 aromatic heterocycles. The Hall–Kier alpha value is -2.27. The van der Waals surface area contributed by atoms with Gasteiger partial charge in [-0.2, -0.15) is 0 Å². The second kappa shape index (κ2) is 6.36. The fourth-order valence-corrected chi connectivity index (χ4v) is 6.28. The van der Waals surface area contributed by atoms with Gasteiger partial charge in [-0.3, -0.25) is 14.4 Å². The number of esters is 1. The van der Waals surface area contributed by atoms with Gasteiger partial charge in [0, 0.05) is 17.8 Å². The lowest BCUT2D eigenvalue weighted by molar-refractivity contribution is -0.158. The van der Waals surface area contributed by atoms with Crippen LogP contribution in [0.15, 0.2) is 47.6 Å². The van der Waals surface area contributed by atoms with Gasteiger partial charge in [0.1, 0.15) is 0 Å². The van der Waals surface area contributed by atoms with Gasteiger partial charge in [-0.1, -0.05) is 36.8 Å². The maximum atomic E-state index is 13.0. The van der Waals surface area contributed by atoms with Crippen LogP contribution in [0.5, 0.6) is 0 Å². The van der Waals surface area contributed by atoms with Gasteiger partial charge in [0.05, 0.1) is 0 Å². The summed E-state index contributed by atoms with van der Waals surface area (Å²) >= 11 is 0. The minimum absolute atomic E-state index is 0.0388. The molecule has 0 aromatic carbocycles. The lowest BCUT2D eigenvalue weighted by atomic mass is 9.51. The number of carbonyl (C=O) groups excluding carboxylic acids is 3. The second-order valence-electron chi connectivity index (χ2n) is 9.36. The molecule has 0 amide bonds. The van der Waals surface area contributed by atoms with Crippen molar-refractivity contribution in [3.63, 3.8) is 0 Å². The normalized spacial score (nSPS) is 40.4. The Bertz CT molecular complexity index is 922. The summed E-state index contributed by atoms with van der Waals surface area (Å²) in [7, 11) is 0. The molecule has 0 saturated heterocycles. The first-order valence-corrected chi connectivity index (χ1v) is 10.3. The summed E-state index contributed by atoms with van der Waals surface area (Å²) in [6, 6.07) is 0. The molecule has 5 nitrogen and oxygen atoms in total. The molecule has 0 aliphatic heterocycles. The van der Waals surface area contributed by atoms with E-state index in [9.17, 15) is 19.5 Å². The van der Waals surface area contributed by atoms with Crippen LogP contribution in [0.3, 0.4) is 0 Å². The molecule has 4 aliphatic carbocycles. The van der Waals surface area contributed by atoms with Crippen LogP contribution < -0.4 is 0 Å². The highest BCUT2D eigenvalue weighted by Gasteiger charge is 2.66. The van der Waals surface area contributed by atoms with E-state index in [0.29, 0.717) is 18.4 Å². The Morgan fingerprint density at radius 2 is 2.07 bits per heavy atom. The third kappa shape index (κ3) is 2.59. The highest BCUT2D eigenvalue weighted by Crippen LogP contribution is 2.66. The average Bonchev–Trinajstić information content (AvgIpc) is 2.88. The number of fused-ring (bicyclic) bond motifs is 5. The van der Waals surface area contributed by atoms with Gasteiger partial charge in [0.15, 0.2) is 18.0 Å². The van der Waals surface area contributed by atoms with Crippen LogP contribution in [0.4, 0.5) is 0 Å². The predicted octanol–water partition coefficient (Wildman–Crippen LogP) is 3.24. The molecule has 0 bridgehead atoms. The summed E-state index contributed by atoms with van der Waals surface area (Å²) in [5.74, 6) is -0.717.